The van der Waals surface area contributed by atoms with Gasteiger partial charge in [-0.3, -0.25) is 0 Å². The maximum absolute atomic E-state index is 10.9. The van der Waals surface area contributed by atoms with Crippen molar-refractivity contribution in [1.82, 2.24) is 0 Å². The number of carbonyl (C=O) groups excluding carboxylic acids is 1. The first kappa shape index (κ1) is 10.2. The molecule has 80 valence electrons. The average molecular weight is 196 g/mol. The minimum atomic E-state index is -0.490. The van der Waals surface area contributed by atoms with Gasteiger partial charge in [-0.1, -0.05) is 19.8 Å². The third-order valence-corrected chi connectivity index (χ3v) is 4.09. The van der Waals surface area contributed by atoms with Crippen LogP contribution in [0.25, 0.3) is 0 Å². The van der Waals surface area contributed by atoms with Crippen LogP contribution in [0.15, 0.2) is 0 Å². The summed E-state index contributed by atoms with van der Waals surface area (Å²) >= 11 is 0. The number of hydrogen-bond acceptors (Lipinski definition) is 2. The molecule has 1 heterocycles. The standard InChI is InChI=1S/C12H20O2/c1-11(6-3-4-7-11)10-5-8-12(2,9-13)14-10/h9-10H,3-8H2,1-2H3. The van der Waals surface area contributed by atoms with E-state index in [1.54, 1.807) is 0 Å². The molecule has 0 spiro atoms. The van der Waals surface area contributed by atoms with E-state index in [9.17, 15) is 4.79 Å². The maximum atomic E-state index is 10.9. The van der Waals surface area contributed by atoms with Gasteiger partial charge < -0.3 is 9.53 Å². The highest BCUT2D eigenvalue weighted by Crippen LogP contribution is 2.47. The lowest BCUT2D eigenvalue weighted by Gasteiger charge is -2.32. The first-order valence-electron chi connectivity index (χ1n) is 5.72. The first-order valence-corrected chi connectivity index (χ1v) is 5.72. The Morgan fingerprint density at radius 3 is 2.36 bits per heavy atom. The Hall–Kier alpha value is -0.370. The van der Waals surface area contributed by atoms with E-state index in [4.69, 9.17) is 4.74 Å². The van der Waals surface area contributed by atoms with Gasteiger partial charge in [-0.15, -0.1) is 0 Å². The van der Waals surface area contributed by atoms with Gasteiger partial charge in [-0.05, 0) is 38.0 Å². The smallest absolute Gasteiger partial charge is 0.151 e. The van der Waals surface area contributed by atoms with Crippen molar-refractivity contribution in [2.24, 2.45) is 5.41 Å². The van der Waals surface area contributed by atoms with Gasteiger partial charge in [0.1, 0.15) is 5.60 Å². The van der Waals surface area contributed by atoms with Crippen LogP contribution in [0.1, 0.15) is 52.4 Å². The fourth-order valence-electron chi connectivity index (χ4n) is 2.94. The molecule has 1 aliphatic carbocycles. The highest BCUT2D eigenvalue weighted by molar-refractivity contribution is 5.62. The first-order chi connectivity index (χ1) is 6.58. The van der Waals surface area contributed by atoms with Crippen molar-refractivity contribution in [3.05, 3.63) is 0 Å². The summed E-state index contributed by atoms with van der Waals surface area (Å²) in [5.41, 5.74) is -0.142. The zero-order valence-corrected chi connectivity index (χ0v) is 9.21. The molecule has 0 bridgehead atoms. The summed E-state index contributed by atoms with van der Waals surface area (Å²) in [5, 5.41) is 0. The normalized spacial score (nSPS) is 41.4. The van der Waals surface area contributed by atoms with Gasteiger partial charge in [0.15, 0.2) is 6.29 Å². The number of hydrogen-bond donors (Lipinski definition) is 0. The van der Waals surface area contributed by atoms with Crippen LogP contribution in [0.3, 0.4) is 0 Å². The second-order valence-corrected chi connectivity index (χ2v) is 5.44. The topological polar surface area (TPSA) is 26.3 Å². The highest BCUT2D eigenvalue weighted by atomic mass is 16.5. The van der Waals surface area contributed by atoms with Gasteiger partial charge in [0, 0.05) is 0 Å². The summed E-state index contributed by atoms with van der Waals surface area (Å²) in [7, 11) is 0. The Morgan fingerprint density at radius 2 is 1.86 bits per heavy atom. The molecule has 2 rings (SSSR count). The molecule has 0 aromatic carbocycles. The largest absolute Gasteiger partial charge is 0.364 e. The van der Waals surface area contributed by atoms with E-state index in [-0.39, 0.29) is 0 Å². The van der Waals surface area contributed by atoms with E-state index in [0.29, 0.717) is 11.5 Å². The molecular weight excluding hydrogens is 176 g/mol. The molecule has 0 aromatic rings. The summed E-state index contributed by atoms with van der Waals surface area (Å²) in [5.74, 6) is 0. The van der Waals surface area contributed by atoms with Crippen molar-refractivity contribution >= 4 is 6.29 Å². The van der Waals surface area contributed by atoms with Crippen molar-refractivity contribution in [3.63, 3.8) is 0 Å². The molecule has 14 heavy (non-hydrogen) atoms. The predicted molar refractivity (Wildman–Crippen MR) is 55.2 cm³/mol. The summed E-state index contributed by atoms with van der Waals surface area (Å²) in [6.07, 6.45) is 8.45. The number of ether oxygens (including phenoxy) is 1. The molecule has 1 saturated carbocycles. The minimum absolute atomic E-state index is 0.320. The number of rotatable bonds is 2. The van der Waals surface area contributed by atoms with Crippen LogP contribution < -0.4 is 0 Å². The molecule has 0 radical (unpaired) electrons. The molecule has 2 unspecified atom stereocenters. The molecule has 2 atom stereocenters. The van der Waals surface area contributed by atoms with Gasteiger partial charge in [0.25, 0.3) is 0 Å². The van der Waals surface area contributed by atoms with Gasteiger partial charge in [0.05, 0.1) is 6.10 Å². The zero-order chi connectivity index (χ0) is 10.2. The molecule has 2 aliphatic rings. The van der Waals surface area contributed by atoms with E-state index < -0.39 is 5.60 Å². The van der Waals surface area contributed by atoms with Crippen molar-refractivity contribution in [2.45, 2.75) is 64.1 Å². The van der Waals surface area contributed by atoms with E-state index in [2.05, 4.69) is 6.92 Å². The Kier molecular flexibility index (Phi) is 2.42. The molecule has 0 N–H and O–H groups in total. The fourth-order valence-corrected chi connectivity index (χ4v) is 2.94. The van der Waals surface area contributed by atoms with Crippen molar-refractivity contribution in [3.8, 4) is 0 Å². The fraction of sp³-hybridized carbons (Fsp3) is 0.917. The van der Waals surface area contributed by atoms with Crippen molar-refractivity contribution in [2.75, 3.05) is 0 Å². The van der Waals surface area contributed by atoms with E-state index >= 15 is 0 Å². The Bertz CT molecular complexity index is 230. The van der Waals surface area contributed by atoms with E-state index in [1.165, 1.54) is 25.7 Å². The van der Waals surface area contributed by atoms with Crippen LogP contribution in [-0.2, 0) is 9.53 Å². The molecule has 2 fully saturated rings. The van der Waals surface area contributed by atoms with Gasteiger partial charge in [0.2, 0.25) is 0 Å². The molecule has 1 aliphatic heterocycles. The Morgan fingerprint density at radius 1 is 1.21 bits per heavy atom. The number of aldehydes is 1. The SMILES string of the molecule is CC1(C=O)CCC(C2(C)CCCC2)O1. The van der Waals surface area contributed by atoms with Crippen molar-refractivity contribution < 1.29 is 9.53 Å². The van der Waals surface area contributed by atoms with Crippen molar-refractivity contribution in [1.29, 1.82) is 0 Å². The van der Waals surface area contributed by atoms with Crippen LogP contribution in [0.5, 0.6) is 0 Å². The monoisotopic (exact) mass is 196 g/mol. The van der Waals surface area contributed by atoms with Gasteiger partial charge in [-0.25, -0.2) is 0 Å². The Labute approximate surface area is 86.0 Å². The van der Waals surface area contributed by atoms with Crippen LogP contribution in [0, 0.1) is 5.41 Å². The lowest BCUT2D eigenvalue weighted by atomic mass is 9.81. The molecule has 2 nitrogen and oxygen atoms in total. The third kappa shape index (κ3) is 1.60. The van der Waals surface area contributed by atoms with Gasteiger partial charge in [-0.2, -0.15) is 0 Å². The summed E-state index contributed by atoms with van der Waals surface area (Å²) in [4.78, 5) is 10.9. The van der Waals surface area contributed by atoms with Gasteiger partial charge >= 0.3 is 0 Å². The average Bonchev–Trinajstić information content (AvgIpc) is 2.74. The van der Waals surface area contributed by atoms with Crippen LogP contribution in [-0.4, -0.2) is 18.0 Å². The second kappa shape index (κ2) is 3.34. The molecule has 0 aromatic heterocycles. The highest BCUT2D eigenvalue weighted by Gasteiger charge is 2.46. The molecular formula is C12H20O2. The zero-order valence-electron chi connectivity index (χ0n) is 9.21. The molecule has 2 heteroatoms. The quantitative estimate of drug-likeness (QED) is 0.635. The third-order valence-electron chi connectivity index (χ3n) is 4.09. The van der Waals surface area contributed by atoms with E-state index in [0.717, 1.165) is 19.1 Å². The minimum Gasteiger partial charge on any atom is -0.364 e. The van der Waals surface area contributed by atoms with Crippen LogP contribution >= 0.6 is 0 Å². The molecule has 0 amide bonds. The lowest BCUT2D eigenvalue weighted by molar-refractivity contribution is -0.133. The van der Waals surface area contributed by atoms with Crippen LogP contribution in [0.4, 0.5) is 0 Å². The maximum Gasteiger partial charge on any atom is 0.151 e. The lowest BCUT2D eigenvalue weighted by Crippen LogP contribution is -2.34. The molecule has 1 saturated heterocycles. The summed E-state index contributed by atoms with van der Waals surface area (Å²) in [6, 6.07) is 0. The summed E-state index contributed by atoms with van der Waals surface area (Å²) in [6.45, 7) is 4.24. The van der Waals surface area contributed by atoms with Crippen LogP contribution in [0.2, 0.25) is 0 Å². The van der Waals surface area contributed by atoms with E-state index in [1.807, 2.05) is 6.92 Å². The second-order valence-electron chi connectivity index (χ2n) is 5.44. The predicted octanol–water partition coefficient (Wildman–Crippen LogP) is 2.70. The Balaban J connectivity index is 2.04. The number of carbonyl (C=O) groups is 1. The summed E-state index contributed by atoms with van der Waals surface area (Å²) < 4.78 is 5.92.